The molecule has 2 amide bonds. The van der Waals surface area contributed by atoms with Gasteiger partial charge in [0.25, 0.3) is 0 Å². The fourth-order valence-corrected chi connectivity index (χ4v) is 4.87. The van der Waals surface area contributed by atoms with Crippen molar-refractivity contribution in [2.24, 2.45) is 0 Å². The average Bonchev–Trinajstić information content (AvgIpc) is 2.80. The normalized spacial score (nSPS) is 20.7. The van der Waals surface area contributed by atoms with E-state index in [0.29, 0.717) is 18.0 Å². The summed E-state index contributed by atoms with van der Waals surface area (Å²) in [5, 5.41) is 6.72. The second-order valence-electron chi connectivity index (χ2n) is 8.83. The number of nitrogens with one attached hydrogen (secondary N) is 2. The lowest BCUT2D eigenvalue weighted by Crippen LogP contribution is -2.48. The van der Waals surface area contributed by atoms with E-state index in [1.54, 1.807) is 0 Å². The van der Waals surface area contributed by atoms with Gasteiger partial charge in [-0.05, 0) is 63.4 Å². The third-order valence-corrected chi connectivity index (χ3v) is 6.97. The summed E-state index contributed by atoms with van der Waals surface area (Å²) in [5.74, 6) is -0.153. The molecule has 0 aliphatic heterocycles. The lowest BCUT2D eigenvalue weighted by Gasteiger charge is -2.45. The van der Waals surface area contributed by atoms with Crippen LogP contribution in [0.4, 0.5) is 0 Å². The van der Waals surface area contributed by atoms with E-state index in [-0.39, 0.29) is 36.2 Å². The van der Waals surface area contributed by atoms with Crippen LogP contribution in [0.3, 0.4) is 0 Å². The van der Waals surface area contributed by atoms with Crippen molar-refractivity contribution in [2.75, 3.05) is 20.6 Å². The number of halogens is 1. The maximum Gasteiger partial charge on any atom is 0.220 e. The van der Waals surface area contributed by atoms with Gasteiger partial charge in [-0.25, -0.2) is 0 Å². The molecule has 172 valence electrons. The molecule has 0 radical (unpaired) electrons. The molecule has 0 atom stereocenters. The number of nitrogens with zero attached hydrogens (tertiary/aromatic N) is 1. The molecular formula is C26H34ClN3O2. The number of carbonyl (C=O) groups excluding carboxylic acids is 2. The Bertz CT molecular complexity index is 893. The van der Waals surface area contributed by atoms with Crippen molar-refractivity contribution >= 4 is 23.4 Å². The molecule has 0 heterocycles. The number of amides is 2. The zero-order valence-corrected chi connectivity index (χ0v) is 19.8. The monoisotopic (exact) mass is 455 g/mol. The Balaban J connectivity index is 1.38. The summed E-state index contributed by atoms with van der Waals surface area (Å²) >= 11 is 6.14. The van der Waals surface area contributed by atoms with Gasteiger partial charge < -0.3 is 10.6 Å². The number of hydrogen-bond donors (Lipinski definition) is 2. The van der Waals surface area contributed by atoms with Crippen molar-refractivity contribution in [3.8, 4) is 0 Å². The Morgan fingerprint density at radius 3 is 2.25 bits per heavy atom. The van der Waals surface area contributed by atoms with Gasteiger partial charge in [-0.1, -0.05) is 60.1 Å². The van der Waals surface area contributed by atoms with Crippen LogP contribution < -0.4 is 10.6 Å². The van der Waals surface area contributed by atoms with Gasteiger partial charge in [-0.3, -0.25) is 14.5 Å². The summed E-state index contributed by atoms with van der Waals surface area (Å²) in [7, 11) is 4.27. The smallest absolute Gasteiger partial charge is 0.220 e. The van der Waals surface area contributed by atoms with Gasteiger partial charge in [-0.2, -0.15) is 0 Å². The molecular weight excluding hydrogens is 422 g/mol. The largest absolute Gasteiger partial charge is 0.356 e. The highest BCUT2D eigenvalue weighted by Crippen LogP contribution is 2.41. The summed E-state index contributed by atoms with van der Waals surface area (Å²) in [5.41, 5.74) is 2.36. The molecule has 1 fully saturated rings. The first-order valence-electron chi connectivity index (χ1n) is 11.4. The third-order valence-electron chi connectivity index (χ3n) is 6.60. The molecule has 1 saturated carbocycles. The van der Waals surface area contributed by atoms with E-state index in [4.69, 9.17) is 11.6 Å². The second-order valence-corrected chi connectivity index (χ2v) is 9.23. The van der Waals surface area contributed by atoms with Gasteiger partial charge in [0.2, 0.25) is 11.8 Å². The quantitative estimate of drug-likeness (QED) is 0.592. The van der Waals surface area contributed by atoms with Crippen LogP contribution in [0.15, 0.2) is 54.6 Å². The summed E-state index contributed by atoms with van der Waals surface area (Å²) in [6.07, 6.45) is 4.95. The fraction of sp³-hybridized carbons (Fsp3) is 0.462. The van der Waals surface area contributed by atoms with E-state index in [0.717, 1.165) is 31.2 Å². The second kappa shape index (κ2) is 11.5. The van der Waals surface area contributed by atoms with Crippen LogP contribution in [0, 0.1) is 0 Å². The molecule has 1 aliphatic carbocycles. The lowest BCUT2D eigenvalue weighted by molar-refractivity contribution is -0.127. The molecule has 2 N–H and O–H groups in total. The minimum absolute atomic E-state index is 0.0179. The third kappa shape index (κ3) is 6.33. The van der Waals surface area contributed by atoms with Gasteiger partial charge in [0.1, 0.15) is 0 Å². The Morgan fingerprint density at radius 1 is 0.969 bits per heavy atom. The first-order chi connectivity index (χ1) is 15.4. The van der Waals surface area contributed by atoms with E-state index in [9.17, 15) is 9.59 Å². The molecule has 1 aliphatic rings. The van der Waals surface area contributed by atoms with Gasteiger partial charge >= 0.3 is 0 Å². The van der Waals surface area contributed by atoms with Crippen molar-refractivity contribution in [3.63, 3.8) is 0 Å². The maximum atomic E-state index is 12.4. The predicted octanol–water partition coefficient (Wildman–Crippen LogP) is 4.29. The van der Waals surface area contributed by atoms with E-state index >= 15 is 0 Å². The SMILES string of the molecule is CN(C)C1(c2ccccc2)CCC(NC(=O)CCC(=O)NCCc2ccccc2Cl)CC1. The van der Waals surface area contributed by atoms with E-state index < -0.39 is 0 Å². The Kier molecular flexibility index (Phi) is 8.71. The minimum atomic E-state index is -0.105. The van der Waals surface area contributed by atoms with Crippen LogP contribution in [0.1, 0.15) is 49.7 Å². The highest BCUT2D eigenvalue weighted by Gasteiger charge is 2.38. The standard InChI is InChI=1S/C26H34ClN3O2/c1-30(2)26(21-9-4-3-5-10-21)17-14-22(15-18-26)29-25(32)13-12-24(31)28-19-16-20-8-6-7-11-23(20)27/h3-11,22H,12-19H2,1-2H3,(H,28,31)(H,29,32). The predicted molar refractivity (Wildman–Crippen MR) is 130 cm³/mol. The van der Waals surface area contributed by atoms with Crippen LogP contribution in [-0.4, -0.2) is 43.4 Å². The van der Waals surface area contributed by atoms with Crippen molar-refractivity contribution in [1.82, 2.24) is 15.5 Å². The Morgan fingerprint density at radius 2 is 1.59 bits per heavy atom. The number of benzene rings is 2. The molecule has 0 spiro atoms. The lowest BCUT2D eigenvalue weighted by atomic mass is 9.74. The molecule has 0 bridgehead atoms. The van der Waals surface area contributed by atoms with Gasteiger partial charge in [-0.15, -0.1) is 0 Å². The molecule has 3 rings (SSSR count). The molecule has 2 aromatic rings. The fourth-order valence-electron chi connectivity index (χ4n) is 4.64. The topological polar surface area (TPSA) is 61.4 Å². The summed E-state index contributed by atoms with van der Waals surface area (Å²) in [4.78, 5) is 26.8. The van der Waals surface area contributed by atoms with Gasteiger partial charge in [0.15, 0.2) is 0 Å². The van der Waals surface area contributed by atoms with Crippen LogP contribution in [0.2, 0.25) is 5.02 Å². The Hall–Kier alpha value is -2.37. The molecule has 0 saturated heterocycles. The van der Waals surface area contributed by atoms with Crippen LogP contribution >= 0.6 is 11.6 Å². The maximum absolute atomic E-state index is 12.4. The zero-order chi connectivity index (χ0) is 23.0. The van der Waals surface area contributed by atoms with E-state index in [1.165, 1.54) is 5.56 Å². The van der Waals surface area contributed by atoms with E-state index in [1.807, 2.05) is 30.3 Å². The molecule has 32 heavy (non-hydrogen) atoms. The minimum Gasteiger partial charge on any atom is -0.356 e. The van der Waals surface area contributed by atoms with Gasteiger partial charge in [0, 0.05) is 36.0 Å². The van der Waals surface area contributed by atoms with Crippen LogP contribution in [0.5, 0.6) is 0 Å². The molecule has 2 aromatic carbocycles. The van der Waals surface area contributed by atoms with Crippen molar-refractivity contribution in [3.05, 3.63) is 70.7 Å². The van der Waals surface area contributed by atoms with Gasteiger partial charge in [0.05, 0.1) is 0 Å². The summed E-state index contributed by atoms with van der Waals surface area (Å²) in [6, 6.07) is 18.4. The molecule has 0 aromatic heterocycles. The summed E-state index contributed by atoms with van der Waals surface area (Å²) < 4.78 is 0. The Labute approximate surface area is 196 Å². The molecule has 6 heteroatoms. The first kappa shape index (κ1) is 24.3. The van der Waals surface area contributed by atoms with Crippen LogP contribution in [0.25, 0.3) is 0 Å². The first-order valence-corrected chi connectivity index (χ1v) is 11.8. The van der Waals surface area contributed by atoms with Crippen LogP contribution in [-0.2, 0) is 21.5 Å². The van der Waals surface area contributed by atoms with Crippen molar-refractivity contribution in [2.45, 2.75) is 56.5 Å². The molecule has 5 nitrogen and oxygen atoms in total. The van der Waals surface area contributed by atoms with Crippen molar-refractivity contribution in [1.29, 1.82) is 0 Å². The number of hydrogen-bond acceptors (Lipinski definition) is 3. The average molecular weight is 456 g/mol. The van der Waals surface area contributed by atoms with E-state index in [2.05, 4.69) is 53.9 Å². The van der Waals surface area contributed by atoms with Crippen molar-refractivity contribution < 1.29 is 9.59 Å². The highest BCUT2D eigenvalue weighted by atomic mass is 35.5. The zero-order valence-electron chi connectivity index (χ0n) is 19.1. The summed E-state index contributed by atoms with van der Waals surface area (Å²) in [6.45, 7) is 0.513. The highest BCUT2D eigenvalue weighted by molar-refractivity contribution is 6.31. The molecule has 0 unspecified atom stereocenters. The number of carbonyl (C=O) groups is 2. The number of rotatable bonds is 9.